The van der Waals surface area contributed by atoms with Crippen LogP contribution >= 0.6 is 0 Å². The van der Waals surface area contributed by atoms with E-state index in [1.807, 2.05) is 6.07 Å². The van der Waals surface area contributed by atoms with E-state index in [0.29, 0.717) is 24.5 Å². The van der Waals surface area contributed by atoms with Crippen LogP contribution in [-0.4, -0.2) is 29.0 Å². The molecule has 0 aliphatic carbocycles. The van der Waals surface area contributed by atoms with Gasteiger partial charge in [-0.3, -0.25) is 4.79 Å². The monoisotopic (exact) mass is 285 g/mol. The molecule has 0 aliphatic rings. The van der Waals surface area contributed by atoms with Gasteiger partial charge in [0.15, 0.2) is 11.5 Å². The Morgan fingerprint density at radius 1 is 1.19 bits per heavy atom. The third kappa shape index (κ3) is 3.98. The molecule has 1 aromatic carbocycles. The molecule has 0 fully saturated rings. The summed E-state index contributed by atoms with van der Waals surface area (Å²) in [6, 6.07) is 7.20. The average molecular weight is 285 g/mol. The van der Waals surface area contributed by atoms with Crippen molar-refractivity contribution < 1.29 is 9.18 Å². The molecule has 2 rings (SSSR count). The van der Waals surface area contributed by atoms with Crippen LogP contribution in [0.5, 0.6) is 0 Å². The van der Waals surface area contributed by atoms with Crippen molar-refractivity contribution in [2.24, 2.45) is 0 Å². The van der Waals surface area contributed by atoms with Crippen LogP contribution in [0, 0.1) is 17.1 Å². The normalized spacial score (nSPS) is 9.71. The minimum atomic E-state index is -0.389. The molecule has 0 aliphatic heterocycles. The number of hydrogen-bond acceptors (Lipinski definition) is 5. The van der Waals surface area contributed by atoms with Crippen molar-refractivity contribution >= 4 is 11.7 Å². The smallest absolute Gasteiger partial charge is 0.251 e. The number of aromatic nitrogens is 2. The number of nitrogens with zero attached hydrogens (tertiary/aromatic N) is 3. The lowest BCUT2D eigenvalue weighted by Crippen LogP contribution is -2.29. The zero-order valence-corrected chi connectivity index (χ0v) is 11.0. The summed E-state index contributed by atoms with van der Waals surface area (Å²) in [5.74, 6) is -0.313. The van der Waals surface area contributed by atoms with Gasteiger partial charge in [0.1, 0.15) is 11.9 Å². The number of halogens is 1. The molecule has 1 heterocycles. The second-order valence-electron chi connectivity index (χ2n) is 4.05. The van der Waals surface area contributed by atoms with Gasteiger partial charge in [-0.1, -0.05) is 0 Å². The first-order valence-corrected chi connectivity index (χ1v) is 6.19. The number of carbonyl (C=O) groups excluding carboxylic acids is 1. The zero-order valence-electron chi connectivity index (χ0n) is 11.0. The lowest BCUT2D eigenvalue weighted by molar-refractivity contribution is 0.0955. The van der Waals surface area contributed by atoms with Gasteiger partial charge in [0.25, 0.3) is 5.91 Å². The lowest BCUT2D eigenvalue weighted by Gasteiger charge is -2.07. The average Bonchev–Trinajstić information content (AvgIpc) is 2.52. The molecule has 0 unspecified atom stereocenters. The fourth-order valence-corrected chi connectivity index (χ4v) is 1.61. The first kappa shape index (κ1) is 14.4. The Hall–Kier alpha value is -3.01. The SMILES string of the molecule is N#Cc1nccnc1NCCNC(=O)c1ccc(F)cc1. The van der Waals surface area contributed by atoms with E-state index in [2.05, 4.69) is 20.6 Å². The standard InChI is InChI=1S/C14H12FN5O/c15-11-3-1-10(2-4-11)14(21)20-8-7-19-13-12(9-16)17-5-6-18-13/h1-6H,7-8H2,(H,18,19)(H,20,21). The van der Waals surface area contributed by atoms with Crippen LogP contribution in [0.3, 0.4) is 0 Å². The number of nitrogens with one attached hydrogen (secondary N) is 2. The number of nitriles is 1. The number of hydrogen-bond donors (Lipinski definition) is 2. The highest BCUT2D eigenvalue weighted by atomic mass is 19.1. The van der Waals surface area contributed by atoms with Gasteiger partial charge in [0, 0.05) is 31.0 Å². The fraction of sp³-hybridized carbons (Fsp3) is 0.143. The van der Waals surface area contributed by atoms with Gasteiger partial charge < -0.3 is 10.6 Å². The van der Waals surface area contributed by atoms with Crippen molar-refractivity contribution in [1.29, 1.82) is 5.26 Å². The first-order chi connectivity index (χ1) is 10.2. The van der Waals surface area contributed by atoms with Gasteiger partial charge in [0.2, 0.25) is 0 Å². The van der Waals surface area contributed by atoms with Crippen LogP contribution in [0.25, 0.3) is 0 Å². The predicted octanol–water partition coefficient (Wildman–Crippen LogP) is 1.33. The molecule has 0 saturated heterocycles. The Morgan fingerprint density at radius 2 is 1.90 bits per heavy atom. The van der Waals surface area contributed by atoms with Crippen molar-refractivity contribution in [3.63, 3.8) is 0 Å². The van der Waals surface area contributed by atoms with E-state index in [1.54, 1.807) is 0 Å². The Balaban J connectivity index is 1.81. The van der Waals surface area contributed by atoms with Crippen molar-refractivity contribution in [2.75, 3.05) is 18.4 Å². The summed E-state index contributed by atoms with van der Waals surface area (Å²) in [4.78, 5) is 19.6. The molecule has 0 bridgehead atoms. The van der Waals surface area contributed by atoms with Crippen LogP contribution in [0.4, 0.5) is 10.2 Å². The summed E-state index contributed by atoms with van der Waals surface area (Å²) in [5, 5.41) is 14.4. The molecule has 7 heteroatoms. The number of carbonyl (C=O) groups is 1. The zero-order chi connectivity index (χ0) is 15.1. The van der Waals surface area contributed by atoms with Crippen molar-refractivity contribution in [1.82, 2.24) is 15.3 Å². The summed E-state index contributed by atoms with van der Waals surface area (Å²) < 4.78 is 12.7. The molecule has 6 nitrogen and oxygen atoms in total. The Bertz CT molecular complexity index is 666. The topological polar surface area (TPSA) is 90.7 Å². The third-order valence-electron chi connectivity index (χ3n) is 2.61. The van der Waals surface area contributed by atoms with E-state index in [1.165, 1.54) is 36.7 Å². The lowest BCUT2D eigenvalue weighted by atomic mass is 10.2. The van der Waals surface area contributed by atoms with Gasteiger partial charge in [0.05, 0.1) is 0 Å². The molecule has 1 aromatic heterocycles. The van der Waals surface area contributed by atoms with E-state index in [-0.39, 0.29) is 17.4 Å². The predicted molar refractivity (Wildman–Crippen MR) is 74.0 cm³/mol. The molecule has 106 valence electrons. The van der Waals surface area contributed by atoms with E-state index in [0.717, 1.165) is 0 Å². The van der Waals surface area contributed by atoms with Crippen molar-refractivity contribution in [3.05, 3.63) is 53.7 Å². The number of benzene rings is 1. The van der Waals surface area contributed by atoms with E-state index in [4.69, 9.17) is 5.26 Å². The highest BCUT2D eigenvalue weighted by Gasteiger charge is 2.06. The van der Waals surface area contributed by atoms with Gasteiger partial charge in [-0.15, -0.1) is 0 Å². The largest absolute Gasteiger partial charge is 0.366 e. The van der Waals surface area contributed by atoms with Gasteiger partial charge in [-0.2, -0.15) is 5.26 Å². The summed E-state index contributed by atoms with van der Waals surface area (Å²) in [7, 11) is 0. The van der Waals surface area contributed by atoms with E-state index < -0.39 is 0 Å². The molecule has 2 N–H and O–H groups in total. The highest BCUT2D eigenvalue weighted by molar-refractivity contribution is 5.94. The molecular formula is C14H12FN5O. The van der Waals surface area contributed by atoms with Crippen LogP contribution in [0.15, 0.2) is 36.7 Å². The molecule has 0 saturated carbocycles. The first-order valence-electron chi connectivity index (χ1n) is 6.19. The summed E-state index contributed by atoms with van der Waals surface area (Å²) in [5.41, 5.74) is 0.580. The quantitative estimate of drug-likeness (QED) is 0.809. The van der Waals surface area contributed by atoms with Gasteiger partial charge >= 0.3 is 0 Å². The van der Waals surface area contributed by atoms with Crippen LogP contribution in [0.2, 0.25) is 0 Å². The fourth-order valence-electron chi connectivity index (χ4n) is 1.61. The molecule has 21 heavy (non-hydrogen) atoms. The minimum absolute atomic E-state index is 0.197. The maximum absolute atomic E-state index is 12.7. The van der Waals surface area contributed by atoms with Crippen molar-refractivity contribution in [3.8, 4) is 6.07 Å². The van der Waals surface area contributed by atoms with E-state index >= 15 is 0 Å². The second kappa shape index (κ2) is 6.96. The van der Waals surface area contributed by atoms with Crippen molar-refractivity contribution in [2.45, 2.75) is 0 Å². The van der Waals surface area contributed by atoms with Gasteiger partial charge in [-0.05, 0) is 24.3 Å². The second-order valence-corrected chi connectivity index (χ2v) is 4.05. The molecule has 0 radical (unpaired) electrons. The Kier molecular flexibility index (Phi) is 4.77. The highest BCUT2D eigenvalue weighted by Crippen LogP contribution is 2.05. The van der Waals surface area contributed by atoms with Crippen LogP contribution < -0.4 is 10.6 Å². The summed E-state index contributed by atoms with van der Waals surface area (Å²) in [6.45, 7) is 0.720. The number of amides is 1. The van der Waals surface area contributed by atoms with Gasteiger partial charge in [-0.25, -0.2) is 14.4 Å². The Labute approximate surface area is 120 Å². The number of anilines is 1. The minimum Gasteiger partial charge on any atom is -0.366 e. The maximum atomic E-state index is 12.7. The molecule has 1 amide bonds. The summed E-state index contributed by atoms with van der Waals surface area (Å²) in [6.07, 6.45) is 2.90. The summed E-state index contributed by atoms with van der Waals surface area (Å²) >= 11 is 0. The van der Waals surface area contributed by atoms with E-state index in [9.17, 15) is 9.18 Å². The molecular weight excluding hydrogens is 273 g/mol. The Morgan fingerprint density at radius 3 is 2.62 bits per heavy atom. The molecule has 0 atom stereocenters. The van der Waals surface area contributed by atoms with Crippen LogP contribution in [-0.2, 0) is 0 Å². The third-order valence-corrected chi connectivity index (χ3v) is 2.61. The molecule has 0 spiro atoms. The number of rotatable bonds is 5. The van der Waals surface area contributed by atoms with Crippen LogP contribution in [0.1, 0.15) is 16.1 Å². The molecule has 2 aromatic rings. The maximum Gasteiger partial charge on any atom is 0.251 e.